The van der Waals surface area contributed by atoms with Gasteiger partial charge in [0.05, 0.1) is 39.4 Å². The Kier molecular flexibility index (Phi) is 8.22. The lowest BCUT2D eigenvalue weighted by Crippen LogP contribution is -2.36. The molecule has 2 amide bonds. The number of sulfonamides is 1. The van der Waals surface area contributed by atoms with Crippen molar-refractivity contribution >= 4 is 56.4 Å². The minimum Gasteiger partial charge on any atom is -0.324 e. The molecule has 0 atom stereocenters. The van der Waals surface area contributed by atoms with Crippen LogP contribution in [0.5, 0.6) is 0 Å². The first-order chi connectivity index (χ1) is 14.0. The van der Waals surface area contributed by atoms with E-state index in [0.29, 0.717) is 10.7 Å². The molecule has 2 aromatic carbocycles. The van der Waals surface area contributed by atoms with E-state index in [1.54, 1.807) is 31.3 Å². The Morgan fingerprint density at radius 1 is 0.867 bits per heavy atom. The summed E-state index contributed by atoms with van der Waals surface area (Å²) in [7, 11) is 0.738. The van der Waals surface area contributed by atoms with Crippen molar-refractivity contribution in [2.45, 2.75) is 4.90 Å². The van der Waals surface area contributed by atoms with Gasteiger partial charge in [-0.2, -0.15) is 0 Å². The van der Waals surface area contributed by atoms with E-state index < -0.39 is 15.9 Å². The van der Waals surface area contributed by atoms with Gasteiger partial charge in [-0.1, -0.05) is 35.3 Å². The summed E-state index contributed by atoms with van der Waals surface area (Å²) in [5, 5.41) is 5.85. The summed E-state index contributed by atoms with van der Waals surface area (Å²) in [5.41, 5.74) is 0.645. The van der Waals surface area contributed by atoms with Crippen LogP contribution in [0, 0.1) is 0 Å². The molecule has 0 unspecified atom stereocenters. The first-order valence-electron chi connectivity index (χ1n) is 8.75. The highest BCUT2D eigenvalue weighted by Gasteiger charge is 2.19. The summed E-state index contributed by atoms with van der Waals surface area (Å²) >= 11 is 12.1. The number of hydrogen-bond donors (Lipinski definition) is 2. The van der Waals surface area contributed by atoms with E-state index in [9.17, 15) is 18.0 Å². The normalized spacial score (nSPS) is 11.6. The van der Waals surface area contributed by atoms with Gasteiger partial charge < -0.3 is 10.6 Å². The minimum atomic E-state index is -3.67. The maximum absolute atomic E-state index is 12.3. The number of hydrogen-bond acceptors (Lipinski definition) is 5. The van der Waals surface area contributed by atoms with Crippen LogP contribution in [-0.2, 0) is 19.6 Å². The third-order valence-corrected chi connectivity index (χ3v) is 6.44. The molecular formula is C19H22Cl2N4O4S. The molecule has 2 rings (SSSR count). The highest BCUT2D eigenvalue weighted by Crippen LogP contribution is 2.26. The SMILES string of the molecule is CN(CC(=O)Nc1ccccc1Cl)CC(=O)Nc1cc(S(=O)(=O)N(C)C)ccc1Cl. The van der Waals surface area contributed by atoms with Gasteiger partial charge in [-0.25, -0.2) is 12.7 Å². The number of nitrogens with zero attached hydrogens (tertiary/aromatic N) is 2. The Hall–Kier alpha value is -2.17. The number of benzene rings is 2. The quantitative estimate of drug-likeness (QED) is 0.615. The second-order valence-electron chi connectivity index (χ2n) is 6.68. The zero-order valence-electron chi connectivity index (χ0n) is 16.6. The summed E-state index contributed by atoms with van der Waals surface area (Å²) in [6, 6.07) is 10.9. The number of carbonyl (C=O) groups excluding carboxylic acids is 2. The minimum absolute atomic E-state index is 0.000304. The van der Waals surface area contributed by atoms with E-state index in [1.165, 1.54) is 37.2 Å². The molecule has 11 heteroatoms. The summed E-state index contributed by atoms with van der Waals surface area (Å²) < 4.78 is 25.6. The van der Waals surface area contributed by atoms with Crippen molar-refractivity contribution in [1.29, 1.82) is 0 Å². The van der Waals surface area contributed by atoms with E-state index in [0.717, 1.165) is 4.31 Å². The number of para-hydroxylation sites is 1. The first kappa shape index (κ1) is 24.1. The van der Waals surface area contributed by atoms with Gasteiger partial charge in [0.1, 0.15) is 0 Å². The summed E-state index contributed by atoms with van der Waals surface area (Å²) in [6.07, 6.45) is 0. The lowest BCUT2D eigenvalue weighted by Gasteiger charge is -2.17. The summed E-state index contributed by atoms with van der Waals surface area (Å²) in [5.74, 6) is -0.792. The van der Waals surface area contributed by atoms with Crippen LogP contribution in [0.15, 0.2) is 47.4 Å². The molecule has 0 heterocycles. The molecule has 2 aromatic rings. The molecule has 162 valence electrons. The van der Waals surface area contributed by atoms with Crippen LogP contribution >= 0.6 is 23.2 Å². The Labute approximate surface area is 185 Å². The van der Waals surface area contributed by atoms with Gasteiger partial charge in [-0.3, -0.25) is 14.5 Å². The lowest BCUT2D eigenvalue weighted by atomic mass is 10.3. The maximum Gasteiger partial charge on any atom is 0.242 e. The molecular weight excluding hydrogens is 451 g/mol. The maximum atomic E-state index is 12.3. The molecule has 0 bridgehead atoms. The molecule has 30 heavy (non-hydrogen) atoms. The van der Waals surface area contributed by atoms with E-state index in [-0.39, 0.29) is 34.6 Å². The first-order valence-corrected chi connectivity index (χ1v) is 10.9. The zero-order chi connectivity index (χ0) is 22.5. The predicted octanol–water partition coefficient (Wildman–Crippen LogP) is 2.75. The van der Waals surface area contributed by atoms with Gasteiger partial charge in [0.2, 0.25) is 21.8 Å². The number of likely N-dealkylation sites (N-methyl/N-ethyl adjacent to an activating group) is 1. The third-order valence-electron chi connectivity index (χ3n) is 3.97. The van der Waals surface area contributed by atoms with Crippen molar-refractivity contribution < 1.29 is 18.0 Å². The Morgan fingerprint density at radius 2 is 1.40 bits per heavy atom. The molecule has 0 spiro atoms. The average Bonchev–Trinajstić information content (AvgIpc) is 2.64. The number of rotatable bonds is 8. The fourth-order valence-corrected chi connectivity index (χ4v) is 3.74. The van der Waals surface area contributed by atoms with Crippen molar-refractivity contribution in [2.24, 2.45) is 0 Å². The molecule has 0 aromatic heterocycles. The molecule has 0 aliphatic carbocycles. The Bertz CT molecular complexity index is 1040. The number of nitrogens with one attached hydrogen (secondary N) is 2. The van der Waals surface area contributed by atoms with Gasteiger partial charge >= 0.3 is 0 Å². The third kappa shape index (κ3) is 6.41. The molecule has 8 nitrogen and oxygen atoms in total. The summed E-state index contributed by atoms with van der Waals surface area (Å²) in [4.78, 5) is 26.0. The largest absolute Gasteiger partial charge is 0.324 e. The van der Waals surface area contributed by atoms with Crippen LogP contribution in [0.2, 0.25) is 10.0 Å². The zero-order valence-corrected chi connectivity index (χ0v) is 19.0. The smallest absolute Gasteiger partial charge is 0.242 e. The van der Waals surface area contributed by atoms with Crippen LogP contribution in [0.1, 0.15) is 0 Å². The van der Waals surface area contributed by atoms with Crippen molar-refractivity contribution in [1.82, 2.24) is 9.21 Å². The van der Waals surface area contributed by atoms with Crippen LogP contribution in [0.3, 0.4) is 0 Å². The van der Waals surface area contributed by atoms with Gasteiger partial charge in [-0.15, -0.1) is 0 Å². The van der Waals surface area contributed by atoms with Gasteiger partial charge in [0.15, 0.2) is 0 Å². The lowest BCUT2D eigenvalue weighted by molar-refractivity contribution is -0.119. The fourth-order valence-electron chi connectivity index (χ4n) is 2.46. The highest BCUT2D eigenvalue weighted by molar-refractivity contribution is 7.89. The molecule has 0 saturated heterocycles. The van der Waals surface area contributed by atoms with Crippen molar-refractivity contribution in [3.8, 4) is 0 Å². The van der Waals surface area contributed by atoms with E-state index >= 15 is 0 Å². The second-order valence-corrected chi connectivity index (χ2v) is 9.64. The molecule has 0 radical (unpaired) electrons. The van der Waals surface area contributed by atoms with Crippen molar-refractivity contribution in [2.75, 3.05) is 44.9 Å². The number of anilines is 2. The van der Waals surface area contributed by atoms with Crippen molar-refractivity contribution in [3.63, 3.8) is 0 Å². The molecule has 0 aliphatic rings. The standard InChI is InChI=1S/C19H22Cl2N4O4S/c1-24(2)30(28,29)13-8-9-15(21)17(10-13)23-19(27)12-25(3)11-18(26)22-16-7-5-4-6-14(16)20/h4-10H,11-12H2,1-3H3,(H,22,26)(H,23,27). The fraction of sp³-hybridized carbons (Fsp3) is 0.263. The molecule has 0 saturated carbocycles. The Morgan fingerprint density at radius 3 is 1.97 bits per heavy atom. The topological polar surface area (TPSA) is 98.8 Å². The van der Waals surface area contributed by atoms with Crippen LogP contribution in [0.4, 0.5) is 11.4 Å². The highest BCUT2D eigenvalue weighted by atomic mass is 35.5. The Balaban J connectivity index is 1.98. The van der Waals surface area contributed by atoms with Crippen LogP contribution in [0.25, 0.3) is 0 Å². The van der Waals surface area contributed by atoms with E-state index in [1.807, 2.05) is 0 Å². The molecule has 0 aliphatic heterocycles. The average molecular weight is 473 g/mol. The van der Waals surface area contributed by atoms with Crippen molar-refractivity contribution in [3.05, 3.63) is 52.5 Å². The number of carbonyl (C=O) groups is 2. The van der Waals surface area contributed by atoms with Gasteiger partial charge in [0.25, 0.3) is 0 Å². The van der Waals surface area contributed by atoms with Crippen LogP contribution < -0.4 is 10.6 Å². The predicted molar refractivity (Wildman–Crippen MR) is 119 cm³/mol. The monoisotopic (exact) mass is 472 g/mol. The molecule has 0 fully saturated rings. The van der Waals surface area contributed by atoms with Crippen LogP contribution in [-0.4, -0.2) is 63.7 Å². The number of halogens is 2. The van der Waals surface area contributed by atoms with Gasteiger partial charge in [0, 0.05) is 14.1 Å². The van der Waals surface area contributed by atoms with Gasteiger partial charge in [-0.05, 0) is 37.4 Å². The number of amides is 2. The molecule has 2 N–H and O–H groups in total. The second kappa shape index (κ2) is 10.2. The summed E-state index contributed by atoms with van der Waals surface area (Å²) in [6.45, 7) is -0.168. The van der Waals surface area contributed by atoms with E-state index in [2.05, 4.69) is 10.6 Å². The van der Waals surface area contributed by atoms with E-state index in [4.69, 9.17) is 23.2 Å².